The fourth-order valence-corrected chi connectivity index (χ4v) is 1.97. The van der Waals surface area contributed by atoms with Crippen LogP contribution in [-0.4, -0.2) is 12.5 Å². The van der Waals surface area contributed by atoms with Crippen molar-refractivity contribution in [2.75, 3.05) is 6.54 Å². The summed E-state index contributed by atoms with van der Waals surface area (Å²) in [5.41, 5.74) is 5.54. The molecule has 1 amide bonds. The maximum Gasteiger partial charge on any atom is 0.220 e. The number of rotatable bonds is 6. The summed E-state index contributed by atoms with van der Waals surface area (Å²) in [6.07, 6.45) is 1.50. The van der Waals surface area contributed by atoms with Gasteiger partial charge in [-0.1, -0.05) is 19.4 Å². The normalized spacial score (nSPS) is 12.4. The van der Waals surface area contributed by atoms with E-state index in [0.29, 0.717) is 25.4 Å². The highest BCUT2D eigenvalue weighted by atomic mass is 32.1. The largest absolute Gasteiger partial charge is 0.351 e. The van der Waals surface area contributed by atoms with Crippen molar-refractivity contribution in [3.63, 3.8) is 0 Å². The first-order valence-corrected chi connectivity index (χ1v) is 6.13. The van der Waals surface area contributed by atoms with Crippen LogP contribution >= 0.6 is 11.3 Å². The first-order valence-electron chi connectivity index (χ1n) is 5.25. The Hall–Kier alpha value is -0.870. The molecule has 0 radical (unpaired) electrons. The van der Waals surface area contributed by atoms with Crippen molar-refractivity contribution in [1.82, 2.24) is 5.32 Å². The summed E-state index contributed by atoms with van der Waals surface area (Å²) in [6.45, 7) is 3.28. The van der Waals surface area contributed by atoms with Crippen LogP contribution in [0, 0.1) is 5.92 Å². The molecule has 3 nitrogen and oxygen atoms in total. The molecule has 0 fully saturated rings. The van der Waals surface area contributed by atoms with Gasteiger partial charge in [0.1, 0.15) is 0 Å². The molecule has 0 aromatic carbocycles. The van der Waals surface area contributed by atoms with Gasteiger partial charge in [0.2, 0.25) is 5.91 Å². The van der Waals surface area contributed by atoms with Gasteiger partial charge in [0.25, 0.3) is 0 Å². The Labute approximate surface area is 94.7 Å². The van der Waals surface area contributed by atoms with Crippen molar-refractivity contribution in [2.24, 2.45) is 11.7 Å². The molecule has 84 valence electrons. The van der Waals surface area contributed by atoms with Gasteiger partial charge in [-0.25, -0.2) is 0 Å². The second kappa shape index (κ2) is 6.58. The maximum atomic E-state index is 11.5. The molecule has 0 spiro atoms. The standard InChI is InChI=1S/C11H18N2OS/c1-2-9(7-12)6-11(14)13-8-10-4-3-5-15-10/h3-5,9H,2,6-8,12H2,1H3,(H,13,14). The van der Waals surface area contributed by atoms with Crippen molar-refractivity contribution >= 4 is 17.2 Å². The Bertz CT molecular complexity index is 281. The maximum absolute atomic E-state index is 11.5. The van der Waals surface area contributed by atoms with E-state index in [4.69, 9.17) is 5.73 Å². The fraction of sp³-hybridized carbons (Fsp3) is 0.545. The number of thiophene rings is 1. The van der Waals surface area contributed by atoms with E-state index >= 15 is 0 Å². The van der Waals surface area contributed by atoms with Gasteiger partial charge in [-0.15, -0.1) is 11.3 Å². The molecule has 0 aliphatic heterocycles. The van der Waals surface area contributed by atoms with Gasteiger partial charge in [-0.2, -0.15) is 0 Å². The molecular formula is C11H18N2OS. The topological polar surface area (TPSA) is 55.1 Å². The number of nitrogens with two attached hydrogens (primary N) is 1. The SMILES string of the molecule is CCC(CN)CC(=O)NCc1cccs1. The zero-order chi connectivity index (χ0) is 11.1. The Morgan fingerprint density at radius 2 is 2.47 bits per heavy atom. The first-order chi connectivity index (χ1) is 7.26. The van der Waals surface area contributed by atoms with Gasteiger partial charge < -0.3 is 11.1 Å². The van der Waals surface area contributed by atoms with Gasteiger partial charge >= 0.3 is 0 Å². The summed E-state index contributed by atoms with van der Waals surface area (Å²) < 4.78 is 0. The summed E-state index contributed by atoms with van der Waals surface area (Å²) in [4.78, 5) is 12.7. The van der Waals surface area contributed by atoms with Gasteiger partial charge in [-0.3, -0.25) is 4.79 Å². The highest BCUT2D eigenvalue weighted by molar-refractivity contribution is 7.09. The monoisotopic (exact) mass is 226 g/mol. The van der Waals surface area contributed by atoms with E-state index in [1.807, 2.05) is 17.5 Å². The third-order valence-electron chi connectivity index (χ3n) is 2.42. The number of nitrogens with one attached hydrogen (secondary N) is 1. The highest BCUT2D eigenvalue weighted by Crippen LogP contribution is 2.09. The van der Waals surface area contributed by atoms with Crippen LogP contribution in [0.2, 0.25) is 0 Å². The number of hydrogen-bond donors (Lipinski definition) is 2. The van der Waals surface area contributed by atoms with Crippen LogP contribution in [0.15, 0.2) is 17.5 Å². The summed E-state index contributed by atoms with van der Waals surface area (Å²) in [7, 11) is 0. The van der Waals surface area contributed by atoms with Crippen LogP contribution in [0.4, 0.5) is 0 Å². The molecule has 0 aliphatic carbocycles. The summed E-state index contributed by atoms with van der Waals surface area (Å²) in [6, 6.07) is 4.01. The minimum absolute atomic E-state index is 0.0979. The van der Waals surface area contributed by atoms with Crippen LogP contribution < -0.4 is 11.1 Å². The van der Waals surface area contributed by atoms with E-state index < -0.39 is 0 Å². The molecule has 3 N–H and O–H groups in total. The van der Waals surface area contributed by atoms with E-state index in [1.54, 1.807) is 11.3 Å². The smallest absolute Gasteiger partial charge is 0.220 e. The third kappa shape index (κ3) is 4.44. The lowest BCUT2D eigenvalue weighted by Gasteiger charge is -2.11. The van der Waals surface area contributed by atoms with Crippen LogP contribution in [0.25, 0.3) is 0 Å². The number of carbonyl (C=O) groups excluding carboxylic acids is 1. The number of amides is 1. The van der Waals surface area contributed by atoms with E-state index in [9.17, 15) is 4.79 Å². The van der Waals surface area contributed by atoms with E-state index in [-0.39, 0.29) is 5.91 Å². The zero-order valence-electron chi connectivity index (χ0n) is 9.03. The molecule has 15 heavy (non-hydrogen) atoms. The lowest BCUT2D eigenvalue weighted by molar-refractivity contribution is -0.122. The van der Waals surface area contributed by atoms with Crippen LogP contribution in [0.1, 0.15) is 24.6 Å². The quantitative estimate of drug-likeness (QED) is 0.776. The van der Waals surface area contributed by atoms with Crippen LogP contribution in [0.3, 0.4) is 0 Å². The average Bonchev–Trinajstić information content (AvgIpc) is 2.75. The molecule has 1 aromatic rings. The molecule has 0 saturated heterocycles. The summed E-state index contributed by atoms with van der Waals surface area (Å²) >= 11 is 1.66. The number of hydrogen-bond acceptors (Lipinski definition) is 3. The second-order valence-corrected chi connectivity index (χ2v) is 4.60. The van der Waals surface area contributed by atoms with Crippen LogP contribution in [-0.2, 0) is 11.3 Å². The lowest BCUT2D eigenvalue weighted by atomic mass is 10.0. The lowest BCUT2D eigenvalue weighted by Crippen LogP contribution is -2.27. The summed E-state index contributed by atoms with van der Waals surface area (Å²) in [5.74, 6) is 0.411. The Balaban J connectivity index is 2.24. The molecule has 4 heteroatoms. The first kappa shape index (κ1) is 12.2. The summed E-state index contributed by atoms with van der Waals surface area (Å²) in [5, 5.41) is 4.91. The molecule has 1 atom stereocenters. The predicted octanol–water partition coefficient (Wildman–Crippen LogP) is 1.74. The van der Waals surface area contributed by atoms with E-state index in [1.165, 1.54) is 4.88 Å². The minimum atomic E-state index is 0.0979. The molecular weight excluding hydrogens is 208 g/mol. The minimum Gasteiger partial charge on any atom is -0.351 e. The predicted molar refractivity (Wildman–Crippen MR) is 63.6 cm³/mol. The Morgan fingerprint density at radius 1 is 1.67 bits per heavy atom. The van der Waals surface area contributed by atoms with Gasteiger partial charge in [0, 0.05) is 11.3 Å². The highest BCUT2D eigenvalue weighted by Gasteiger charge is 2.09. The molecule has 1 unspecified atom stereocenters. The molecule has 1 heterocycles. The molecule has 1 aromatic heterocycles. The molecule has 1 rings (SSSR count). The van der Waals surface area contributed by atoms with Crippen molar-refractivity contribution in [1.29, 1.82) is 0 Å². The average molecular weight is 226 g/mol. The fourth-order valence-electron chi connectivity index (χ4n) is 1.33. The molecule has 0 saturated carbocycles. The van der Waals surface area contributed by atoms with Crippen molar-refractivity contribution in [3.05, 3.63) is 22.4 Å². The van der Waals surface area contributed by atoms with Crippen molar-refractivity contribution in [2.45, 2.75) is 26.3 Å². The molecule has 0 aliphatic rings. The van der Waals surface area contributed by atoms with Gasteiger partial charge in [0.15, 0.2) is 0 Å². The van der Waals surface area contributed by atoms with Crippen molar-refractivity contribution in [3.8, 4) is 0 Å². The zero-order valence-corrected chi connectivity index (χ0v) is 9.85. The Morgan fingerprint density at radius 3 is 3.00 bits per heavy atom. The van der Waals surface area contributed by atoms with Gasteiger partial charge in [-0.05, 0) is 23.9 Å². The van der Waals surface area contributed by atoms with Crippen LogP contribution in [0.5, 0.6) is 0 Å². The molecule has 0 bridgehead atoms. The van der Waals surface area contributed by atoms with E-state index in [2.05, 4.69) is 12.2 Å². The second-order valence-electron chi connectivity index (χ2n) is 3.57. The van der Waals surface area contributed by atoms with Crippen molar-refractivity contribution < 1.29 is 4.79 Å². The van der Waals surface area contributed by atoms with Gasteiger partial charge in [0.05, 0.1) is 6.54 Å². The third-order valence-corrected chi connectivity index (χ3v) is 3.30. The van der Waals surface area contributed by atoms with E-state index in [0.717, 1.165) is 6.42 Å². The number of carbonyl (C=O) groups is 1. The Kier molecular flexibility index (Phi) is 5.36.